The normalized spacial score (nSPS) is 10.1. The van der Waals surface area contributed by atoms with Gasteiger partial charge in [0.05, 0.1) is 12.3 Å². The Bertz CT molecular complexity index is 515. The molecule has 0 spiro atoms. The Labute approximate surface area is 119 Å². The third kappa shape index (κ3) is 5.85. The van der Waals surface area contributed by atoms with E-state index in [1.165, 1.54) is 12.1 Å². The standard InChI is InChI=1S/C16H20FNO2/c1-12(2)6-9-16(20)18-15-8-7-13(11-14(15)17)5-3-4-10-19/h7-8,11-12,19H,4,6,9-10H2,1-2H3,(H,18,20). The molecule has 0 aliphatic carbocycles. The van der Waals surface area contributed by atoms with Gasteiger partial charge in [-0.1, -0.05) is 25.7 Å². The number of aliphatic hydroxyl groups is 1. The van der Waals surface area contributed by atoms with Gasteiger partial charge in [-0.2, -0.15) is 0 Å². The van der Waals surface area contributed by atoms with Crippen LogP contribution in [0.5, 0.6) is 0 Å². The van der Waals surface area contributed by atoms with Crippen LogP contribution in [0.2, 0.25) is 0 Å². The minimum atomic E-state index is -0.501. The van der Waals surface area contributed by atoms with Gasteiger partial charge >= 0.3 is 0 Å². The van der Waals surface area contributed by atoms with E-state index in [0.717, 1.165) is 6.42 Å². The van der Waals surface area contributed by atoms with Crippen molar-refractivity contribution in [2.45, 2.75) is 33.1 Å². The van der Waals surface area contributed by atoms with Crippen LogP contribution in [0.1, 0.15) is 38.7 Å². The average molecular weight is 277 g/mol. The quantitative estimate of drug-likeness (QED) is 0.813. The molecule has 4 heteroatoms. The molecule has 0 saturated heterocycles. The molecule has 0 saturated carbocycles. The van der Waals surface area contributed by atoms with Gasteiger partial charge in [0, 0.05) is 18.4 Å². The van der Waals surface area contributed by atoms with Gasteiger partial charge in [0.1, 0.15) is 5.82 Å². The summed E-state index contributed by atoms with van der Waals surface area (Å²) < 4.78 is 13.8. The third-order valence-corrected chi connectivity index (χ3v) is 2.66. The SMILES string of the molecule is CC(C)CCC(=O)Nc1ccc(C#CCCO)cc1F. The fraction of sp³-hybridized carbons (Fsp3) is 0.438. The van der Waals surface area contributed by atoms with E-state index in [1.54, 1.807) is 6.07 Å². The van der Waals surface area contributed by atoms with Crippen LogP contribution in [0.4, 0.5) is 10.1 Å². The Hall–Kier alpha value is -1.86. The first-order valence-corrected chi connectivity index (χ1v) is 6.72. The van der Waals surface area contributed by atoms with Crippen molar-refractivity contribution in [2.24, 2.45) is 5.92 Å². The number of carbonyl (C=O) groups is 1. The molecule has 0 fully saturated rings. The van der Waals surface area contributed by atoms with Gasteiger partial charge in [0.2, 0.25) is 5.91 Å². The molecule has 0 aliphatic heterocycles. The fourth-order valence-corrected chi connectivity index (χ4v) is 1.55. The Morgan fingerprint density at radius 1 is 1.45 bits per heavy atom. The summed E-state index contributed by atoms with van der Waals surface area (Å²) in [4.78, 5) is 11.6. The van der Waals surface area contributed by atoms with Gasteiger partial charge in [0.25, 0.3) is 0 Å². The summed E-state index contributed by atoms with van der Waals surface area (Å²) in [5.41, 5.74) is 0.697. The van der Waals surface area contributed by atoms with Crippen molar-refractivity contribution >= 4 is 11.6 Å². The molecular formula is C16H20FNO2. The summed E-state index contributed by atoms with van der Waals surface area (Å²) >= 11 is 0. The van der Waals surface area contributed by atoms with Crippen molar-refractivity contribution in [3.8, 4) is 11.8 Å². The number of aliphatic hydroxyl groups excluding tert-OH is 1. The molecule has 0 bridgehead atoms. The lowest BCUT2D eigenvalue weighted by molar-refractivity contribution is -0.116. The number of hydrogen-bond donors (Lipinski definition) is 2. The van der Waals surface area contributed by atoms with E-state index < -0.39 is 5.82 Å². The van der Waals surface area contributed by atoms with Crippen LogP contribution in [-0.4, -0.2) is 17.6 Å². The lowest BCUT2D eigenvalue weighted by Gasteiger charge is -2.08. The highest BCUT2D eigenvalue weighted by molar-refractivity contribution is 5.90. The molecule has 20 heavy (non-hydrogen) atoms. The number of benzene rings is 1. The fourth-order valence-electron chi connectivity index (χ4n) is 1.55. The van der Waals surface area contributed by atoms with Gasteiger partial charge in [-0.3, -0.25) is 4.79 Å². The zero-order chi connectivity index (χ0) is 15.0. The van der Waals surface area contributed by atoms with E-state index in [2.05, 4.69) is 17.2 Å². The third-order valence-electron chi connectivity index (χ3n) is 2.66. The van der Waals surface area contributed by atoms with Gasteiger partial charge < -0.3 is 10.4 Å². The van der Waals surface area contributed by atoms with Crippen LogP contribution in [-0.2, 0) is 4.79 Å². The summed E-state index contributed by atoms with van der Waals surface area (Å²) in [6.45, 7) is 4.06. The number of anilines is 1. The zero-order valence-electron chi connectivity index (χ0n) is 11.9. The highest BCUT2D eigenvalue weighted by atomic mass is 19.1. The maximum atomic E-state index is 13.8. The Balaban J connectivity index is 2.64. The van der Waals surface area contributed by atoms with Crippen LogP contribution in [0, 0.1) is 23.6 Å². The zero-order valence-corrected chi connectivity index (χ0v) is 11.9. The smallest absolute Gasteiger partial charge is 0.224 e. The molecule has 0 unspecified atom stereocenters. The second-order valence-corrected chi connectivity index (χ2v) is 4.95. The minimum absolute atomic E-state index is 0.0144. The molecule has 2 N–H and O–H groups in total. The number of halogens is 1. The van der Waals surface area contributed by atoms with Crippen LogP contribution >= 0.6 is 0 Å². The van der Waals surface area contributed by atoms with E-state index in [0.29, 0.717) is 24.3 Å². The van der Waals surface area contributed by atoms with Crippen LogP contribution in [0.25, 0.3) is 0 Å². The first-order chi connectivity index (χ1) is 9.52. The van der Waals surface area contributed by atoms with Gasteiger partial charge in [-0.25, -0.2) is 4.39 Å². The molecule has 0 aromatic heterocycles. The predicted octanol–water partition coefficient (Wildman–Crippen LogP) is 2.93. The van der Waals surface area contributed by atoms with E-state index >= 15 is 0 Å². The summed E-state index contributed by atoms with van der Waals surface area (Å²) in [6.07, 6.45) is 1.52. The molecule has 1 aromatic carbocycles. The van der Waals surface area contributed by atoms with Crippen molar-refractivity contribution in [3.63, 3.8) is 0 Å². The number of nitrogens with one attached hydrogen (secondary N) is 1. The predicted molar refractivity (Wildman–Crippen MR) is 77.7 cm³/mol. The molecule has 0 heterocycles. The van der Waals surface area contributed by atoms with E-state index in [4.69, 9.17) is 5.11 Å². The number of hydrogen-bond acceptors (Lipinski definition) is 2. The topological polar surface area (TPSA) is 49.3 Å². The number of rotatable bonds is 5. The van der Waals surface area contributed by atoms with E-state index in [-0.39, 0.29) is 18.2 Å². The van der Waals surface area contributed by atoms with Crippen molar-refractivity contribution < 1.29 is 14.3 Å². The Kier molecular flexibility index (Phi) is 6.75. The number of carbonyl (C=O) groups excluding carboxylic acids is 1. The highest BCUT2D eigenvalue weighted by Crippen LogP contribution is 2.16. The molecule has 108 valence electrons. The van der Waals surface area contributed by atoms with Gasteiger partial charge in [-0.05, 0) is 30.5 Å². The lowest BCUT2D eigenvalue weighted by Crippen LogP contribution is -2.13. The lowest BCUT2D eigenvalue weighted by atomic mass is 10.1. The van der Waals surface area contributed by atoms with Crippen LogP contribution in [0.15, 0.2) is 18.2 Å². The molecular weight excluding hydrogens is 257 g/mol. The number of amides is 1. The van der Waals surface area contributed by atoms with Crippen molar-refractivity contribution in [2.75, 3.05) is 11.9 Å². The highest BCUT2D eigenvalue weighted by Gasteiger charge is 2.08. The Morgan fingerprint density at radius 3 is 2.80 bits per heavy atom. The van der Waals surface area contributed by atoms with E-state index in [9.17, 15) is 9.18 Å². The van der Waals surface area contributed by atoms with Gasteiger partial charge in [0.15, 0.2) is 0 Å². The van der Waals surface area contributed by atoms with Crippen LogP contribution < -0.4 is 5.32 Å². The maximum absolute atomic E-state index is 13.8. The minimum Gasteiger partial charge on any atom is -0.395 e. The monoisotopic (exact) mass is 277 g/mol. The summed E-state index contributed by atoms with van der Waals surface area (Å²) in [7, 11) is 0. The van der Waals surface area contributed by atoms with Crippen molar-refractivity contribution in [1.82, 2.24) is 0 Å². The first kappa shape index (κ1) is 16.2. The first-order valence-electron chi connectivity index (χ1n) is 6.72. The molecule has 1 amide bonds. The summed E-state index contributed by atoms with van der Waals surface area (Å²) in [5, 5.41) is 11.2. The summed E-state index contributed by atoms with van der Waals surface area (Å²) in [6, 6.07) is 4.43. The molecule has 0 atom stereocenters. The van der Waals surface area contributed by atoms with Crippen molar-refractivity contribution in [3.05, 3.63) is 29.6 Å². The molecule has 1 aromatic rings. The van der Waals surface area contributed by atoms with Crippen molar-refractivity contribution in [1.29, 1.82) is 0 Å². The van der Waals surface area contributed by atoms with Gasteiger partial charge in [-0.15, -0.1) is 0 Å². The summed E-state index contributed by atoms with van der Waals surface area (Å²) in [5.74, 6) is 5.22. The van der Waals surface area contributed by atoms with Crippen LogP contribution in [0.3, 0.4) is 0 Å². The Morgan fingerprint density at radius 2 is 2.20 bits per heavy atom. The average Bonchev–Trinajstić information content (AvgIpc) is 2.40. The molecule has 0 aliphatic rings. The second kappa shape index (κ2) is 8.34. The molecule has 3 nitrogen and oxygen atoms in total. The maximum Gasteiger partial charge on any atom is 0.224 e. The molecule has 1 rings (SSSR count). The molecule has 0 radical (unpaired) electrons. The van der Waals surface area contributed by atoms with E-state index in [1.807, 2.05) is 13.8 Å². The largest absolute Gasteiger partial charge is 0.395 e. The second-order valence-electron chi connectivity index (χ2n) is 4.95.